The van der Waals surface area contributed by atoms with E-state index in [2.05, 4.69) is 15.6 Å². The van der Waals surface area contributed by atoms with Crippen LogP contribution >= 0.6 is 0 Å². The highest BCUT2D eigenvalue weighted by atomic mass is 16.4. The fourth-order valence-electron chi connectivity index (χ4n) is 2.47. The standard InChI is InChI=1S/C12H19N5O3/c1-12(4-2-3-9(12)13)11(20)14-5-6-17-7-8(10(18)19)15-16-17/h7,9H,2-6,13H2,1H3,(H,14,20)(H,18,19). The van der Waals surface area contributed by atoms with Crippen LogP contribution in [0.4, 0.5) is 0 Å². The normalized spacial score (nSPS) is 25.6. The number of hydrogen-bond acceptors (Lipinski definition) is 5. The van der Waals surface area contributed by atoms with Gasteiger partial charge >= 0.3 is 5.97 Å². The smallest absolute Gasteiger partial charge is 0.358 e. The van der Waals surface area contributed by atoms with Crippen molar-refractivity contribution in [2.45, 2.75) is 38.8 Å². The largest absolute Gasteiger partial charge is 0.476 e. The maximum Gasteiger partial charge on any atom is 0.358 e. The summed E-state index contributed by atoms with van der Waals surface area (Å²) in [5.74, 6) is -1.18. The van der Waals surface area contributed by atoms with Crippen LogP contribution in [-0.2, 0) is 11.3 Å². The summed E-state index contributed by atoms with van der Waals surface area (Å²) >= 11 is 0. The summed E-state index contributed by atoms with van der Waals surface area (Å²) in [6, 6.07) is -0.104. The zero-order valence-corrected chi connectivity index (χ0v) is 11.4. The molecule has 1 aromatic rings. The number of amides is 1. The molecule has 1 fully saturated rings. The van der Waals surface area contributed by atoms with Gasteiger partial charge in [-0.1, -0.05) is 11.6 Å². The molecule has 1 heterocycles. The van der Waals surface area contributed by atoms with E-state index >= 15 is 0 Å². The third kappa shape index (κ3) is 2.79. The van der Waals surface area contributed by atoms with E-state index in [4.69, 9.17) is 10.8 Å². The molecule has 110 valence electrons. The molecule has 1 aromatic heterocycles. The van der Waals surface area contributed by atoms with Gasteiger partial charge in [-0.3, -0.25) is 4.79 Å². The van der Waals surface area contributed by atoms with Crippen molar-refractivity contribution in [2.75, 3.05) is 6.54 Å². The lowest BCUT2D eigenvalue weighted by Gasteiger charge is -2.27. The molecule has 1 aliphatic carbocycles. The van der Waals surface area contributed by atoms with E-state index in [0.717, 1.165) is 19.3 Å². The van der Waals surface area contributed by atoms with E-state index in [0.29, 0.717) is 13.1 Å². The summed E-state index contributed by atoms with van der Waals surface area (Å²) in [5, 5.41) is 18.7. The molecular weight excluding hydrogens is 262 g/mol. The topological polar surface area (TPSA) is 123 Å². The Bertz CT molecular complexity index is 515. The summed E-state index contributed by atoms with van der Waals surface area (Å²) < 4.78 is 1.39. The number of aromatic nitrogens is 3. The first-order chi connectivity index (χ1) is 9.43. The first-order valence-electron chi connectivity index (χ1n) is 6.61. The molecule has 8 nitrogen and oxygen atoms in total. The molecule has 2 atom stereocenters. The van der Waals surface area contributed by atoms with Crippen molar-refractivity contribution in [2.24, 2.45) is 11.1 Å². The van der Waals surface area contributed by atoms with Crippen molar-refractivity contribution in [3.63, 3.8) is 0 Å². The van der Waals surface area contributed by atoms with Gasteiger partial charge in [-0.05, 0) is 19.8 Å². The van der Waals surface area contributed by atoms with Crippen molar-refractivity contribution >= 4 is 11.9 Å². The number of hydrogen-bond donors (Lipinski definition) is 3. The van der Waals surface area contributed by atoms with Crippen LogP contribution in [0.1, 0.15) is 36.7 Å². The van der Waals surface area contributed by atoms with Crippen molar-refractivity contribution in [1.29, 1.82) is 0 Å². The number of nitrogens with zero attached hydrogens (tertiary/aromatic N) is 3. The van der Waals surface area contributed by atoms with Gasteiger partial charge in [0.1, 0.15) is 0 Å². The third-order valence-corrected chi connectivity index (χ3v) is 3.93. The Balaban J connectivity index is 1.83. The predicted molar refractivity (Wildman–Crippen MR) is 69.9 cm³/mol. The molecule has 0 aliphatic heterocycles. The Morgan fingerprint density at radius 3 is 2.95 bits per heavy atom. The highest BCUT2D eigenvalue weighted by Crippen LogP contribution is 2.36. The van der Waals surface area contributed by atoms with Gasteiger partial charge in [-0.15, -0.1) is 5.10 Å². The summed E-state index contributed by atoms with van der Waals surface area (Å²) in [4.78, 5) is 22.8. The maximum absolute atomic E-state index is 12.2. The number of carboxylic acid groups (broad SMARTS) is 1. The molecular formula is C12H19N5O3. The number of carbonyl (C=O) groups is 2. The molecule has 20 heavy (non-hydrogen) atoms. The van der Waals surface area contributed by atoms with Crippen LogP contribution in [0.5, 0.6) is 0 Å². The molecule has 1 aliphatic rings. The van der Waals surface area contributed by atoms with Gasteiger partial charge in [-0.2, -0.15) is 0 Å². The van der Waals surface area contributed by atoms with E-state index in [9.17, 15) is 9.59 Å². The minimum absolute atomic E-state index is 0.0546. The van der Waals surface area contributed by atoms with Crippen molar-refractivity contribution in [3.05, 3.63) is 11.9 Å². The van der Waals surface area contributed by atoms with Crippen LogP contribution in [0.15, 0.2) is 6.20 Å². The van der Waals surface area contributed by atoms with Crippen LogP contribution in [-0.4, -0.2) is 44.6 Å². The van der Waals surface area contributed by atoms with Crippen LogP contribution in [0, 0.1) is 5.41 Å². The average molecular weight is 281 g/mol. The highest BCUT2D eigenvalue weighted by molar-refractivity contribution is 5.84. The van der Waals surface area contributed by atoms with Gasteiger partial charge in [0.05, 0.1) is 18.2 Å². The molecule has 0 bridgehead atoms. The average Bonchev–Trinajstić information content (AvgIpc) is 2.98. The summed E-state index contributed by atoms with van der Waals surface area (Å²) in [6.45, 7) is 2.62. The molecule has 1 saturated carbocycles. The van der Waals surface area contributed by atoms with Gasteiger partial charge in [0.25, 0.3) is 0 Å². The lowest BCUT2D eigenvalue weighted by Crippen LogP contribution is -2.48. The fourth-order valence-corrected chi connectivity index (χ4v) is 2.47. The highest BCUT2D eigenvalue weighted by Gasteiger charge is 2.42. The second-order valence-corrected chi connectivity index (χ2v) is 5.34. The van der Waals surface area contributed by atoms with Crippen LogP contribution in [0.3, 0.4) is 0 Å². The lowest BCUT2D eigenvalue weighted by molar-refractivity contribution is -0.130. The van der Waals surface area contributed by atoms with E-state index in [1.165, 1.54) is 10.9 Å². The summed E-state index contributed by atoms with van der Waals surface area (Å²) in [5.41, 5.74) is 5.36. The molecule has 4 N–H and O–H groups in total. The Morgan fingerprint density at radius 1 is 1.65 bits per heavy atom. The first kappa shape index (κ1) is 14.4. The number of carboxylic acids is 1. The fraction of sp³-hybridized carbons (Fsp3) is 0.667. The molecule has 0 aromatic carbocycles. The minimum atomic E-state index is -1.12. The number of aromatic carboxylic acids is 1. The summed E-state index contributed by atoms with van der Waals surface area (Å²) in [7, 11) is 0. The van der Waals surface area contributed by atoms with Crippen LogP contribution in [0.25, 0.3) is 0 Å². The Kier molecular flexibility index (Phi) is 4.03. The van der Waals surface area contributed by atoms with Crippen LogP contribution in [0.2, 0.25) is 0 Å². The SMILES string of the molecule is CC1(C(=O)NCCn2cc(C(=O)O)nn2)CCCC1N. The monoisotopic (exact) mass is 281 g/mol. The Hall–Kier alpha value is -1.96. The molecule has 0 saturated heterocycles. The number of carbonyl (C=O) groups excluding carboxylic acids is 1. The lowest BCUT2D eigenvalue weighted by atomic mass is 9.84. The zero-order valence-electron chi connectivity index (χ0n) is 11.4. The predicted octanol–water partition coefficient (Wildman–Crippen LogP) is -0.390. The van der Waals surface area contributed by atoms with Crippen molar-refractivity contribution in [1.82, 2.24) is 20.3 Å². The number of nitrogens with one attached hydrogen (secondary N) is 1. The van der Waals surface area contributed by atoms with E-state index in [1.54, 1.807) is 0 Å². The van der Waals surface area contributed by atoms with Gasteiger partial charge in [-0.25, -0.2) is 9.48 Å². The van der Waals surface area contributed by atoms with Crippen molar-refractivity contribution < 1.29 is 14.7 Å². The second-order valence-electron chi connectivity index (χ2n) is 5.34. The first-order valence-corrected chi connectivity index (χ1v) is 6.61. The minimum Gasteiger partial charge on any atom is -0.476 e. The molecule has 0 spiro atoms. The van der Waals surface area contributed by atoms with Gasteiger partial charge in [0, 0.05) is 12.6 Å². The Morgan fingerprint density at radius 2 is 2.40 bits per heavy atom. The van der Waals surface area contributed by atoms with E-state index < -0.39 is 11.4 Å². The zero-order chi connectivity index (χ0) is 14.8. The molecule has 8 heteroatoms. The van der Waals surface area contributed by atoms with E-state index in [-0.39, 0.29) is 17.6 Å². The van der Waals surface area contributed by atoms with Gasteiger partial charge in [0.15, 0.2) is 5.69 Å². The Labute approximate surface area is 116 Å². The number of nitrogens with two attached hydrogens (primary N) is 1. The molecule has 2 unspecified atom stereocenters. The van der Waals surface area contributed by atoms with Crippen LogP contribution < -0.4 is 11.1 Å². The van der Waals surface area contributed by atoms with Crippen molar-refractivity contribution in [3.8, 4) is 0 Å². The van der Waals surface area contributed by atoms with Gasteiger partial charge < -0.3 is 16.2 Å². The summed E-state index contributed by atoms with van der Waals surface area (Å²) in [6.07, 6.45) is 3.97. The second kappa shape index (κ2) is 5.58. The molecule has 2 rings (SSSR count). The molecule has 1 amide bonds. The van der Waals surface area contributed by atoms with E-state index in [1.807, 2.05) is 6.92 Å². The maximum atomic E-state index is 12.2. The molecule has 0 radical (unpaired) electrons. The van der Waals surface area contributed by atoms with Gasteiger partial charge in [0.2, 0.25) is 5.91 Å². The third-order valence-electron chi connectivity index (χ3n) is 3.93. The quantitative estimate of drug-likeness (QED) is 0.675. The number of rotatable bonds is 5.